The maximum Gasteiger partial charge on any atom is 0.340 e. The molecule has 1 rings (SSSR count). The highest BCUT2D eigenvalue weighted by Gasteiger charge is 2.18. The summed E-state index contributed by atoms with van der Waals surface area (Å²) in [6.07, 6.45) is 0. The Morgan fingerprint density at radius 3 is 2.39 bits per heavy atom. The van der Waals surface area contributed by atoms with Crippen molar-refractivity contribution in [3.05, 3.63) is 26.6 Å². The fourth-order valence-corrected chi connectivity index (χ4v) is 2.73. The van der Waals surface area contributed by atoms with Gasteiger partial charge in [-0.25, -0.2) is 4.79 Å². The summed E-state index contributed by atoms with van der Waals surface area (Å²) < 4.78 is 6.48. The van der Waals surface area contributed by atoms with Crippen molar-refractivity contribution in [2.24, 2.45) is 5.92 Å². The van der Waals surface area contributed by atoms with Crippen LogP contribution in [0.3, 0.4) is 0 Å². The molecule has 0 bridgehead atoms. The van der Waals surface area contributed by atoms with Crippen molar-refractivity contribution in [3.8, 4) is 0 Å². The van der Waals surface area contributed by atoms with Crippen LogP contribution >= 0.6 is 31.9 Å². The zero-order chi connectivity index (χ0) is 13.9. The van der Waals surface area contributed by atoms with Gasteiger partial charge in [-0.3, -0.25) is 0 Å². The highest BCUT2D eigenvalue weighted by molar-refractivity contribution is 9.11. The molecule has 0 aliphatic rings. The first kappa shape index (κ1) is 15.5. The normalized spacial score (nSPS) is 12.4. The number of halogens is 2. The number of nitrogens with one attached hydrogen (secondary N) is 1. The second-order valence-corrected chi connectivity index (χ2v) is 6.25. The van der Waals surface area contributed by atoms with Crippen molar-refractivity contribution in [2.45, 2.75) is 26.8 Å². The van der Waals surface area contributed by atoms with Gasteiger partial charge in [0.25, 0.3) is 0 Å². The Balaban J connectivity index is 3.19. The lowest BCUT2D eigenvalue weighted by Crippen LogP contribution is -2.23. The Morgan fingerprint density at radius 2 is 1.89 bits per heavy atom. The third-order valence-electron chi connectivity index (χ3n) is 2.83. The van der Waals surface area contributed by atoms with E-state index in [4.69, 9.17) is 4.74 Å². The molecule has 1 aromatic carbocycles. The predicted octanol–water partition coefficient (Wildman–Crippen LogP) is 4.45. The van der Waals surface area contributed by atoms with Crippen LogP contribution in [0.1, 0.15) is 31.1 Å². The van der Waals surface area contributed by atoms with Gasteiger partial charge in [0.1, 0.15) is 0 Å². The van der Waals surface area contributed by atoms with E-state index in [0.29, 0.717) is 11.5 Å². The van der Waals surface area contributed by atoms with E-state index in [1.54, 1.807) is 6.07 Å². The number of hydrogen-bond acceptors (Lipinski definition) is 3. The molecule has 0 saturated heterocycles. The van der Waals surface area contributed by atoms with Gasteiger partial charge < -0.3 is 10.1 Å². The molecule has 1 atom stereocenters. The Bertz CT molecular complexity index is 447. The van der Waals surface area contributed by atoms with E-state index >= 15 is 0 Å². The molecule has 0 radical (unpaired) electrons. The first-order valence-electron chi connectivity index (χ1n) is 5.70. The van der Waals surface area contributed by atoms with E-state index in [1.807, 2.05) is 6.07 Å². The predicted molar refractivity (Wildman–Crippen MR) is 81.1 cm³/mol. The standard InChI is InChI=1S/C13H17Br2NO2/c1-7(2)8(3)16-12-10(13(17)18-4)5-9(14)6-11(12)15/h5-8,16H,1-4H3. The maximum atomic E-state index is 11.8. The number of esters is 1. The quantitative estimate of drug-likeness (QED) is 0.786. The molecule has 1 aromatic rings. The molecule has 1 unspecified atom stereocenters. The number of methoxy groups -OCH3 is 1. The average Bonchev–Trinajstić information content (AvgIpc) is 2.30. The Labute approximate surface area is 125 Å². The first-order chi connectivity index (χ1) is 8.36. The molecule has 1 N–H and O–H groups in total. The summed E-state index contributed by atoms with van der Waals surface area (Å²) in [5.41, 5.74) is 1.29. The Morgan fingerprint density at radius 1 is 1.28 bits per heavy atom. The molecule has 0 aromatic heterocycles. The lowest BCUT2D eigenvalue weighted by molar-refractivity contribution is 0.0601. The monoisotopic (exact) mass is 377 g/mol. The van der Waals surface area contributed by atoms with Crippen LogP contribution in [0.4, 0.5) is 5.69 Å². The summed E-state index contributed by atoms with van der Waals surface area (Å²) in [7, 11) is 1.38. The van der Waals surface area contributed by atoms with Crippen molar-refractivity contribution in [3.63, 3.8) is 0 Å². The smallest absolute Gasteiger partial charge is 0.340 e. The van der Waals surface area contributed by atoms with Crippen LogP contribution < -0.4 is 5.32 Å². The van der Waals surface area contributed by atoms with Crippen molar-refractivity contribution in [1.82, 2.24) is 0 Å². The van der Waals surface area contributed by atoms with Gasteiger partial charge in [-0.1, -0.05) is 29.8 Å². The Kier molecular flexibility index (Phi) is 5.66. The molecule has 18 heavy (non-hydrogen) atoms. The molecule has 100 valence electrons. The number of carbonyl (C=O) groups excluding carboxylic acids is 1. The van der Waals surface area contributed by atoms with Crippen LogP contribution in [-0.2, 0) is 4.74 Å². The molecular weight excluding hydrogens is 362 g/mol. The summed E-state index contributed by atoms with van der Waals surface area (Å²) in [5, 5.41) is 3.35. The van der Waals surface area contributed by atoms with Gasteiger partial charge in [-0.2, -0.15) is 0 Å². The number of carbonyl (C=O) groups is 1. The van der Waals surface area contributed by atoms with Crippen molar-refractivity contribution >= 4 is 43.5 Å². The van der Waals surface area contributed by atoms with Crippen molar-refractivity contribution in [2.75, 3.05) is 12.4 Å². The van der Waals surface area contributed by atoms with Gasteiger partial charge in [0.05, 0.1) is 18.4 Å². The first-order valence-corrected chi connectivity index (χ1v) is 7.29. The highest BCUT2D eigenvalue weighted by atomic mass is 79.9. The second kappa shape index (κ2) is 6.57. The van der Waals surface area contributed by atoms with Gasteiger partial charge in [-0.05, 0) is 40.9 Å². The summed E-state index contributed by atoms with van der Waals surface area (Å²) >= 11 is 6.85. The molecular formula is C13H17Br2NO2. The van der Waals surface area contributed by atoms with Crippen molar-refractivity contribution in [1.29, 1.82) is 0 Å². The van der Waals surface area contributed by atoms with Crippen LogP contribution in [0.2, 0.25) is 0 Å². The van der Waals surface area contributed by atoms with E-state index in [1.165, 1.54) is 7.11 Å². The van der Waals surface area contributed by atoms with Crippen LogP contribution in [0.15, 0.2) is 21.1 Å². The zero-order valence-corrected chi connectivity index (χ0v) is 14.1. The summed E-state index contributed by atoms with van der Waals surface area (Å²) in [6.45, 7) is 6.34. The lowest BCUT2D eigenvalue weighted by atomic mass is 10.1. The molecule has 0 saturated carbocycles. The minimum Gasteiger partial charge on any atom is -0.465 e. The number of benzene rings is 1. The van der Waals surface area contributed by atoms with Gasteiger partial charge in [-0.15, -0.1) is 0 Å². The minimum atomic E-state index is -0.351. The Hall–Kier alpha value is -0.550. The largest absolute Gasteiger partial charge is 0.465 e. The van der Waals surface area contributed by atoms with E-state index in [9.17, 15) is 4.79 Å². The lowest BCUT2D eigenvalue weighted by Gasteiger charge is -2.21. The van der Waals surface area contributed by atoms with Crippen LogP contribution in [0, 0.1) is 5.92 Å². The van der Waals surface area contributed by atoms with Crippen LogP contribution in [0.5, 0.6) is 0 Å². The molecule has 0 spiro atoms. The molecule has 3 nitrogen and oxygen atoms in total. The average molecular weight is 379 g/mol. The molecule has 0 aliphatic heterocycles. The maximum absolute atomic E-state index is 11.8. The molecule has 5 heteroatoms. The van der Waals surface area contributed by atoms with Gasteiger partial charge in [0.15, 0.2) is 0 Å². The van der Waals surface area contributed by atoms with E-state index in [2.05, 4.69) is 57.9 Å². The third kappa shape index (κ3) is 3.72. The number of rotatable bonds is 4. The van der Waals surface area contributed by atoms with Gasteiger partial charge >= 0.3 is 5.97 Å². The zero-order valence-electron chi connectivity index (χ0n) is 10.9. The third-order valence-corrected chi connectivity index (χ3v) is 3.92. The molecule has 0 amide bonds. The summed E-state index contributed by atoms with van der Waals surface area (Å²) in [5.74, 6) is 0.112. The van der Waals surface area contributed by atoms with E-state index in [-0.39, 0.29) is 12.0 Å². The summed E-state index contributed by atoms with van der Waals surface area (Å²) in [4.78, 5) is 11.8. The topological polar surface area (TPSA) is 38.3 Å². The van der Waals surface area contributed by atoms with Gasteiger partial charge in [0, 0.05) is 15.0 Å². The number of hydrogen-bond donors (Lipinski definition) is 1. The van der Waals surface area contributed by atoms with E-state index < -0.39 is 0 Å². The highest BCUT2D eigenvalue weighted by Crippen LogP contribution is 2.32. The van der Waals surface area contributed by atoms with Gasteiger partial charge in [0.2, 0.25) is 0 Å². The molecule has 0 heterocycles. The van der Waals surface area contributed by atoms with Crippen LogP contribution in [-0.4, -0.2) is 19.1 Å². The number of ether oxygens (including phenoxy) is 1. The fraction of sp³-hybridized carbons (Fsp3) is 0.462. The van der Waals surface area contributed by atoms with E-state index in [0.717, 1.165) is 14.6 Å². The van der Waals surface area contributed by atoms with Crippen LogP contribution in [0.25, 0.3) is 0 Å². The molecule has 0 fully saturated rings. The minimum absolute atomic E-state index is 0.255. The second-order valence-electron chi connectivity index (χ2n) is 4.48. The molecule has 0 aliphatic carbocycles. The SMILES string of the molecule is COC(=O)c1cc(Br)cc(Br)c1NC(C)C(C)C. The summed E-state index contributed by atoms with van der Waals surface area (Å²) in [6, 6.07) is 3.92. The van der Waals surface area contributed by atoms with Crippen molar-refractivity contribution < 1.29 is 9.53 Å². The number of anilines is 1. The fourth-order valence-electron chi connectivity index (χ4n) is 1.39.